The molecule has 0 bridgehead atoms. The third-order valence-corrected chi connectivity index (χ3v) is 0.744. The molecule has 0 N–H and O–H groups in total. The minimum atomic E-state index is -6.61. The van der Waals surface area contributed by atoms with Crippen LogP contribution in [0, 0.1) is 0 Å². The maximum Gasteiger partial charge on any atom is 0.844 e. The lowest BCUT2D eigenvalue weighted by atomic mass is 10.6. The monoisotopic (exact) mass is 192 g/mol. The summed E-state index contributed by atoms with van der Waals surface area (Å²) in [6.45, 7) is 3.11. The van der Waals surface area contributed by atoms with Crippen LogP contribution in [0.2, 0.25) is 0 Å². The average molecular weight is 192 g/mol. The van der Waals surface area contributed by atoms with Crippen molar-refractivity contribution in [3.8, 4) is 0 Å². The first-order chi connectivity index (χ1) is 5.00. The van der Waals surface area contributed by atoms with Gasteiger partial charge in [-0.3, -0.25) is 0 Å². The second-order valence-electron chi connectivity index (χ2n) is 1.65. The third kappa shape index (κ3) is 17.7. The highest BCUT2D eigenvalue weighted by Crippen LogP contribution is 2.06. The summed E-state index contributed by atoms with van der Waals surface area (Å²) < 4.78 is 49.2. The summed E-state index contributed by atoms with van der Waals surface area (Å²) in [4.78, 5) is 0. The van der Waals surface area contributed by atoms with Gasteiger partial charge in [0, 0.05) is 0 Å². The van der Waals surface area contributed by atoms with Gasteiger partial charge in [-0.15, -0.1) is 0 Å². The molecule has 11 heavy (non-hydrogen) atoms. The van der Waals surface area contributed by atoms with Crippen LogP contribution in [0.15, 0.2) is 0 Å². The quantitative estimate of drug-likeness (QED) is 0.327. The molecule has 0 atom stereocenters. The van der Waals surface area contributed by atoms with Crippen LogP contribution in [0.25, 0.3) is 0 Å². The molecule has 1 aliphatic heterocycles. The summed E-state index contributed by atoms with van der Waals surface area (Å²) in [5.41, 5.74) is 0. The number of ether oxygens (including phenoxy) is 2. The summed E-state index contributed by atoms with van der Waals surface area (Å²) in [6, 6.07) is 0. The number of hydrogen-bond donors (Lipinski definition) is 0. The zero-order valence-corrected chi connectivity index (χ0v) is 6.66. The van der Waals surface area contributed by atoms with Gasteiger partial charge in [-0.2, -0.15) is 0 Å². The van der Waals surface area contributed by atoms with Gasteiger partial charge in [0.25, 0.3) is 0 Å². The predicted octanol–water partition coefficient (Wildman–Crippen LogP) is 1.33. The molecule has 1 rings (SSSR count). The van der Waals surface area contributed by atoms with Crippen LogP contribution in [0.1, 0.15) is 0 Å². The van der Waals surface area contributed by atoms with Crippen LogP contribution < -0.4 is 0 Å². The summed E-state index contributed by atoms with van der Waals surface area (Å²) >= 11 is 0. The lowest BCUT2D eigenvalue weighted by Crippen LogP contribution is -2.16. The van der Waals surface area contributed by atoms with E-state index in [0.29, 0.717) is 0 Å². The molecule has 0 aromatic carbocycles. The van der Waals surface area contributed by atoms with Crippen molar-refractivity contribution in [3.63, 3.8) is 0 Å². The highest BCUT2D eigenvalue weighted by atomic mass is 28.5. The molecule has 0 aliphatic carbocycles. The molecule has 68 valence electrons. The van der Waals surface area contributed by atoms with Gasteiger partial charge >= 0.3 is 9.41 Å². The van der Waals surface area contributed by atoms with E-state index in [-0.39, 0.29) is 0 Å². The van der Waals surface area contributed by atoms with Gasteiger partial charge < -0.3 is 9.47 Å². The maximum absolute atomic E-state index is 9.83. The summed E-state index contributed by atoms with van der Waals surface area (Å²) in [6.07, 6.45) is 0. The Morgan fingerprint density at radius 2 is 0.909 bits per heavy atom. The van der Waals surface area contributed by atoms with Gasteiger partial charge in [-0.05, 0) is 0 Å². The summed E-state index contributed by atoms with van der Waals surface area (Å²) in [5, 5.41) is 0. The Bertz CT molecular complexity index is 75.1. The Kier molecular flexibility index (Phi) is 5.43. The Morgan fingerprint density at radius 3 is 1.00 bits per heavy atom. The normalized spacial score (nSPS) is 18.5. The van der Waals surface area contributed by atoms with Crippen LogP contribution in [-0.4, -0.2) is 35.8 Å². The van der Waals surface area contributed by atoms with Crippen LogP contribution in [0.5, 0.6) is 0 Å². The first-order valence-electron chi connectivity index (χ1n) is 2.91. The molecule has 1 fully saturated rings. The second-order valence-corrected chi connectivity index (χ2v) is 2.51. The van der Waals surface area contributed by atoms with Crippen molar-refractivity contribution in [2.45, 2.75) is 0 Å². The van der Waals surface area contributed by atoms with E-state index in [4.69, 9.17) is 9.47 Å². The van der Waals surface area contributed by atoms with E-state index in [1.165, 1.54) is 0 Å². The largest absolute Gasteiger partial charge is 0.844 e. The molecular weight excluding hydrogens is 184 g/mol. The molecule has 1 heterocycles. The van der Waals surface area contributed by atoms with Crippen LogP contribution in [-0.2, 0) is 9.47 Å². The predicted molar refractivity (Wildman–Crippen MR) is 31.8 cm³/mol. The van der Waals surface area contributed by atoms with Crippen molar-refractivity contribution in [2.24, 2.45) is 0 Å². The lowest BCUT2D eigenvalue weighted by molar-refractivity contribution is -0.0334. The highest BCUT2D eigenvalue weighted by molar-refractivity contribution is 6.50. The molecule has 0 aromatic heterocycles. The van der Waals surface area contributed by atoms with Gasteiger partial charge in [-0.25, -0.2) is 16.4 Å². The molecular formula is C4H8F4O2Si. The fraction of sp³-hybridized carbons (Fsp3) is 1.00. The topological polar surface area (TPSA) is 18.5 Å². The average Bonchev–Trinajstić information content (AvgIpc) is 1.88. The lowest BCUT2D eigenvalue weighted by Gasteiger charge is -2.09. The molecule has 7 heteroatoms. The summed E-state index contributed by atoms with van der Waals surface area (Å²) in [5.74, 6) is 0. The number of halogens is 4. The summed E-state index contributed by atoms with van der Waals surface area (Å²) in [7, 11) is -6.61. The van der Waals surface area contributed by atoms with Crippen molar-refractivity contribution >= 4 is 9.41 Å². The third-order valence-electron chi connectivity index (χ3n) is 0.744. The van der Waals surface area contributed by atoms with Crippen molar-refractivity contribution < 1.29 is 25.9 Å². The molecule has 1 aliphatic rings. The van der Waals surface area contributed by atoms with Gasteiger partial charge in [0.15, 0.2) is 0 Å². The number of hydrogen-bond acceptors (Lipinski definition) is 2. The highest BCUT2D eigenvalue weighted by Gasteiger charge is 2.39. The molecule has 0 saturated carbocycles. The molecule has 0 amide bonds. The molecule has 0 radical (unpaired) electrons. The molecule has 2 nitrogen and oxygen atoms in total. The zero-order chi connectivity index (χ0) is 8.74. The van der Waals surface area contributed by atoms with Crippen LogP contribution in [0.3, 0.4) is 0 Å². The van der Waals surface area contributed by atoms with E-state index in [1.807, 2.05) is 0 Å². The standard InChI is InChI=1S/C4H8O2.F4Si/c1-2-6-4-3-5-1;1-5(2,3)4/h1-4H2;. The Balaban J connectivity index is 0.000000187. The van der Waals surface area contributed by atoms with Crippen molar-refractivity contribution in [3.05, 3.63) is 0 Å². The molecule has 0 aromatic rings. The maximum atomic E-state index is 9.83. The van der Waals surface area contributed by atoms with E-state index in [9.17, 15) is 16.4 Å². The van der Waals surface area contributed by atoms with Gasteiger partial charge in [0.05, 0.1) is 26.4 Å². The van der Waals surface area contributed by atoms with Gasteiger partial charge in [-0.1, -0.05) is 0 Å². The van der Waals surface area contributed by atoms with E-state index < -0.39 is 9.41 Å². The Hall–Kier alpha value is -0.143. The van der Waals surface area contributed by atoms with Crippen molar-refractivity contribution in [1.29, 1.82) is 0 Å². The number of rotatable bonds is 0. The second kappa shape index (κ2) is 5.50. The van der Waals surface area contributed by atoms with Gasteiger partial charge in [0.2, 0.25) is 0 Å². The Morgan fingerprint density at radius 1 is 0.727 bits per heavy atom. The first-order valence-corrected chi connectivity index (χ1v) is 4.42. The van der Waals surface area contributed by atoms with Crippen LogP contribution >= 0.6 is 0 Å². The van der Waals surface area contributed by atoms with E-state index in [1.54, 1.807) is 0 Å². The minimum Gasteiger partial charge on any atom is -0.377 e. The van der Waals surface area contributed by atoms with E-state index >= 15 is 0 Å². The first kappa shape index (κ1) is 10.9. The molecule has 0 unspecified atom stereocenters. The molecule has 0 spiro atoms. The smallest absolute Gasteiger partial charge is 0.377 e. The van der Waals surface area contributed by atoms with E-state index in [2.05, 4.69) is 0 Å². The zero-order valence-electron chi connectivity index (χ0n) is 5.66. The van der Waals surface area contributed by atoms with Crippen LogP contribution in [0.4, 0.5) is 16.4 Å². The fourth-order valence-corrected chi connectivity index (χ4v) is 0.440. The SMILES string of the molecule is C1COCCO1.F[Si](F)(F)F. The van der Waals surface area contributed by atoms with Crippen molar-refractivity contribution in [1.82, 2.24) is 0 Å². The van der Waals surface area contributed by atoms with Crippen molar-refractivity contribution in [2.75, 3.05) is 26.4 Å². The Labute approximate surface area is 62.8 Å². The minimum absolute atomic E-state index is 0.778. The molecule has 1 saturated heterocycles. The fourth-order valence-electron chi connectivity index (χ4n) is 0.440. The van der Waals surface area contributed by atoms with Gasteiger partial charge in [0.1, 0.15) is 0 Å². The van der Waals surface area contributed by atoms with E-state index in [0.717, 1.165) is 26.4 Å².